The molecule has 15 heavy (non-hydrogen) atoms. The molecule has 0 heterocycles. The highest BCUT2D eigenvalue weighted by Gasteiger charge is 1.98. The van der Waals surface area contributed by atoms with Gasteiger partial charge in [0, 0.05) is 12.3 Å². The highest BCUT2D eigenvalue weighted by molar-refractivity contribution is 7.98. The molecule has 0 atom stereocenters. The summed E-state index contributed by atoms with van der Waals surface area (Å²) in [6.07, 6.45) is -0.349. The number of hydrogen-bond donors (Lipinski definition) is 1. The van der Waals surface area contributed by atoms with Gasteiger partial charge in [-0.15, -0.1) is 11.8 Å². The lowest BCUT2D eigenvalue weighted by Crippen LogP contribution is -2.23. The highest BCUT2D eigenvalue weighted by Crippen LogP contribution is 2.11. The summed E-state index contributed by atoms with van der Waals surface area (Å²) in [5.74, 6) is 1.25. The molecule has 0 bridgehead atoms. The molecule has 1 amide bonds. The van der Waals surface area contributed by atoms with E-state index in [1.54, 1.807) is 11.8 Å². The summed E-state index contributed by atoms with van der Waals surface area (Å²) in [4.78, 5) is 10.9. The number of thioether (sulfide) groups is 1. The van der Waals surface area contributed by atoms with E-state index in [1.165, 1.54) is 5.56 Å². The van der Waals surface area contributed by atoms with Crippen LogP contribution in [0.15, 0.2) is 30.3 Å². The van der Waals surface area contributed by atoms with Gasteiger partial charge in [0.15, 0.2) is 0 Å². The Bertz CT molecular complexity index is 290. The van der Waals surface area contributed by atoms with E-state index in [1.807, 2.05) is 25.1 Å². The fraction of sp³-hybridized carbons (Fsp3) is 0.364. The molecule has 0 saturated carbocycles. The maximum atomic E-state index is 10.9. The van der Waals surface area contributed by atoms with Gasteiger partial charge in [-0.2, -0.15) is 0 Å². The summed E-state index contributed by atoms with van der Waals surface area (Å²) in [6, 6.07) is 10.1. The van der Waals surface area contributed by atoms with Crippen molar-refractivity contribution in [1.29, 1.82) is 0 Å². The van der Waals surface area contributed by atoms with Crippen molar-refractivity contribution in [3.05, 3.63) is 35.9 Å². The third-order valence-electron chi connectivity index (χ3n) is 1.71. The van der Waals surface area contributed by atoms with Gasteiger partial charge >= 0.3 is 6.09 Å². The number of rotatable bonds is 5. The van der Waals surface area contributed by atoms with E-state index in [0.717, 1.165) is 5.75 Å². The smallest absolute Gasteiger partial charge is 0.407 e. The molecule has 1 rings (SSSR count). The molecule has 0 fully saturated rings. The Morgan fingerprint density at radius 1 is 1.40 bits per heavy atom. The van der Waals surface area contributed by atoms with Gasteiger partial charge in [0.2, 0.25) is 0 Å². The van der Waals surface area contributed by atoms with Crippen LogP contribution in [0.2, 0.25) is 0 Å². The van der Waals surface area contributed by atoms with Gasteiger partial charge in [0.05, 0.1) is 0 Å². The van der Waals surface area contributed by atoms with Gasteiger partial charge in [0.25, 0.3) is 0 Å². The Hall–Kier alpha value is -1.16. The largest absolute Gasteiger partial charge is 0.438 e. The lowest BCUT2D eigenvalue weighted by molar-refractivity contribution is 0.166. The van der Waals surface area contributed by atoms with Crippen LogP contribution in [0.1, 0.15) is 12.5 Å². The Morgan fingerprint density at radius 2 is 2.13 bits per heavy atom. The van der Waals surface area contributed by atoms with Gasteiger partial charge in [0.1, 0.15) is 5.94 Å². The second-order valence-corrected chi connectivity index (χ2v) is 3.85. The molecule has 0 aliphatic rings. The zero-order chi connectivity index (χ0) is 10.9. The number of carbonyl (C=O) groups excluding carboxylic acids is 1. The van der Waals surface area contributed by atoms with Gasteiger partial charge < -0.3 is 10.1 Å². The maximum absolute atomic E-state index is 10.9. The molecule has 82 valence electrons. The van der Waals surface area contributed by atoms with E-state index < -0.39 is 0 Å². The maximum Gasteiger partial charge on any atom is 0.407 e. The average molecular weight is 225 g/mol. The van der Waals surface area contributed by atoms with Crippen molar-refractivity contribution >= 4 is 17.9 Å². The topological polar surface area (TPSA) is 38.3 Å². The zero-order valence-corrected chi connectivity index (χ0v) is 9.55. The number of amides is 1. The third-order valence-corrected chi connectivity index (χ3v) is 2.53. The van der Waals surface area contributed by atoms with Crippen molar-refractivity contribution in [2.75, 3.05) is 12.5 Å². The first-order valence-electron chi connectivity index (χ1n) is 4.85. The molecule has 1 aromatic rings. The second-order valence-electron chi connectivity index (χ2n) is 2.91. The monoisotopic (exact) mass is 225 g/mol. The van der Waals surface area contributed by atoms with Crippen LogP contribution in [0.25, 0.3) is 0 Å². The fourth-order valence-corrected chi connectivity index (χ4v) is 1.73. The summed E-state index contributed by atoms with van der Waals surface area (Å²) < 4.78 is 4.92. The third kappa shape index (κ3) is 5.32. The molecule has 0 saturated heterocycles. The molecule has 0 aromatic heterocycles. The lowest BCUT2D eigenvalue weighted by Gasteiger charge is -2.04. The molecule has 0 radical (unpaired) electrons. The van der Waals surface area contributed by atoms with Crippen LogP contribution in [0.3, 0.4) is 0 Å². The standard InChI is InChI=1S/C11H15NO2S/c1-2-12-11(13)14-9-15-8-10-6-4-3-5-7-10/h3-7H,2,8-9H2,1H3,(H,12,13). The molecular weight excluding hydrogens is 210 g/mol. The van der Waals surface area contributed by atoms with E-state index in [2.05, 4.69) is 17.4 Å². The van der Waals surface area contributed by atoms with E-state index in [9.17, 15) is 4.79 Å². The van der Waals surface area contributed by atoms with Crippen LogP contribution in [0.4, 0.5) is 4.79 Å². The van der Waals surface area contributed by atoms with Crippen molar-refractivity contribution in [3.63, 3.8) is 0 Å². The second kappa shape index (κ2) is 7.17. The molecule has 0 spiro atoms. The summed E-state index contributed by atoms with van der Waals surface area (Å²) in [6.45, 7) is 2.46. The predicted molar refractivity (Wildman–Crippen MR) is 62.8 cm³/mol. The zero-order valence-electron chi connectivity index (χ0n) is 8.73. The minimum absolute atomic E-state index is 0.349. The first-order chi connectivity index (χ1) is 7.33. The van der Waals surface area contributed by atoms with E-state index in [-0.39, 0.29) is 6.09 Å². The number of hydrogen-bond acceptors (Lipinski definition) is 3. The van der Waals surface area contributed by atoms with Crippen molar-refractivity contribution < 1.29 is 9.53 Å². The minimum atomic E-state index is -0.349. The van der Waals surface area contributed by atoms with E-state index in [4.69, 9.17) is 4.74 Å². The van der Waals surface area contributed by atoms with Crippen molar-refractivity contribution in [1.82, 2.24) is 5.32 Å². The Labute approximate surface area is 94.2 Å². The van der Waals surface area contributed by atoms with Crippen LogP contribution in [-0.2, 0) is 10.5 Å². The molecule has 4 heteroatoms. The molecular formula is C11H15NO2S. The number of benzene rings is 1. The Morgan fingerprint density at radius 3 is 2.80 bits per heavy atom. The van der Waals surface area contributed by atoms with Crippen molar-refractivity contribution in [3.8, 4) is 0 Å². The van der Waals surface area contributed by atoms with Crippen LogP contribution < -0.4 is 5.32 Å². The average Bonchev–Trinajstić information content (AvgIpc) is 2.26. The van der Waals surface area contributed by atoms with Gasteiger partial charge in [-0.1, -0.05) is 30.3 Å². The number of nitrogens with one attached hydrogen (secondary N) is 1. The molecule has 1 aromatic carbocycles. The molecule has 0 aliphatic heterocycles. The first kappa shape index (κ1) is 11.9. The summed E-state index contributed by atoms with van der Waals surface area (Å²) in [5.41, 5.74) is 1.24. The molecule has 0 aliphatic carbocycles. The number of carbonyl (C=O) groups is 1. The summed E-state index contributed by atoms with van der Waals surface area (Å²) in [7, 11) is 0. The van der Waals surface area contributed by atoms with Crippen LogP contribution in [0.5, 0.6) is 0 Å². The van der Waals surface area contributed by atoms with Crippen LogP contribution >= 0.6 is 11.8 Å². The summed E-state index contributed by atoms with van der Waals surface area (Å²) >= 11 is 1.58. The molecule has 3 nitrogen and oxygen atoms in total. The lowest BCUT2D eigenvalue weighted by atomic mass is 10.2. The van der Waals surface area contributed by atoms with Crippen molar-refractivity contribution in [2.45, 2.75) is 12.7 Å². The molecule has 0 unspecified atom stereocenters. The fourth-order valence-electron chi connectivity index (χ4n) is 1.02. The first-order valence-corrected chi connectivity index (χ1v) is 6.00. The van der Waals surface area contributed by atoms with Crippen LogP contribution in [-0.4, -0.2) is 18.6 Å². The number of alkyl carbamates (subject to hydrolysis) is 1. The van der Waals surface area contributed by atoms with Gasteiger partial charge in [-0.05, 0) is 12.5 Å². The Balaban J connectivity index is 2.10. The van der Waals surface area contributed by atoms with E-state index in [0.29, 0.717) is 12.5 Å². The van der Waals surface area contributed by atoms with Crippen molar-refractivity contribution in [2.24, 2.45) is 0 Å². The minimum Gasteiger partial charge on any atom is -0.438 e. The quantitative estimate of drug-likeness (QED) is 0.618. The number of ether oxygens (including phenoxy) is 1. The Kier molecular flexibility index (Phi) is 5.70. The predicted octanol–water partition coefficient (Wildman–Crippen LogP) is 2.62. The van der Waals surface area contributed by atoms with Crippen LogP contribution in [0, 0.1) is 0 Å². The SMILES string of the molecule is CCNC(=O)OCSCc1ccccc1. The highest BCUT2D eigenvalue weighted by atomic mass is 32.2. The van der Waals surface area contributed by atoms with Gasteiger partial charge in [-0.25, -0.2) is 4.79 Å². The summed E-state index contributed by atoms with van der Waals surface area (Å²) in [5, 5.41) is 2.57. The molecule has 1 N–H and O–H groups in total. The normalized spacial score (nSPS) is 9.67. The van der Waals surface area contributed by atoms with E-state index >= 15 is 0 Å². The van der Waals surface area contributed by atoms with Gasteiger partial charge in [-0.3, -0.25) is 0 Å².